The second-order valence-electron chi connectivity index (χ2n) is 7.15. The van der Waals surface area contributed by atoms with Crippen LogP contribution in [0.3, 0.4) is 0 Å². The number of carbonyl (C=O) groups is 2. The third-order valence-corrected chi connectivity index (χ3v) is 5.43. The molecular weight excluding hydrogens is 334 g/mol. The quantitative estimate of drug-likeness (QED) is 0.737. The van der Waals surface area contributed by atoms with E-state index in [9.17, 15) is 19.5 Å². The van der Waals surface area contributed by atoms with Crippen LogP contribution in [0.5, 0.6) is 0 Å². The lowest BCUT2D eigenvalue weighted by Gasteiger charge is -2.20. The molecule has 1 aliphatic carbocycles. The number of hydrogen-bond donors (Lipinski definition) is 3. The van der Waals surface area contributed by atoms with E-state index in [1.165, 1.54) is 0 Å². The van der Waals surface area contributed by atoms with Gasteiger partial charge in [-0.3, -0.25) is 9.36 Å². The zero-order valence-corrected chi connectivity index (χ0v) is 15.1. The van der Waals surface area contributed by atoms with E-state index >= 15 is 0 Å². The first kappa shape index (κ1) is 18.2. The second kappa shape index (κ2) is 7.35. The zero-order chi connectivity index (χ0) is 18.8. The summed E-state index contributed by atoms with van der Waals surface area (Å²) >= 11 is 0. The zero-order valence-electron chi connectivity index (χ0n) is 15.1. The molecule has 2 unspecified atom stereocenters. The van der Waals surface area contributed by atoms with Crippen LogP contribution in [0.2, 0.25) is 0 Å². The van der Waals surface area contributed by atoms with Gasteiger partial charge >= 0.3 is 11.7 Å². The van der Waals surface area contributed by atoms with Crippen LogP contribution in [0.15, 0.2) is 23.0 Å². The molecule has 7 heteroatoms. The molecule has 1 saturated carbocycles. The van der Waals surface area contributed by atoms with Crippen LogP contribution < -0.4 is 11.0 Å². The fourth-order valence-corrected chi connectivity index (χ4v) is 3.70. The van der Waals surface area contributed by atoms with Gasteiger partial charge in [0.1, 0.15) is 6.04 Å². The van der Waals surface area contributed by atoms with Crippen molar-refractivity contribution in [2.45, 2.75) is 58.0 Å². The highest BCUT2D eigenvalue weighted by molar-refractivity contribution is 5.99. The number of imidazole rings is 1. The molecule has 140 valence electrons. The van der Waals surface area contributed by atoms with Gasteiger partial charge in [0.15, 0.2) is 0 Å². The first-order valence-electron chi connectivity index (χ1n) is 9.20. The van der Waals surface area contributed by atoms with Crippen molar-refractivity contribution in [2.24, 2.45) is 5.92 Å². The summed E-state index contributed by atoms with van der Waals surface area (Å²) in [6, 6.07) is 4.29. The lowest BCUT2D eigenvalue weighted by molar-refractivity contribution is -0.140. The Balaban J connectivity index is 1.88. The minimum atomic E-state index is -1.05. The molecule has 1 aliphatic rings. The Morgan fingerprint density at radius 1 is 1.35 bits per heavy atom. The number of aromatic amines is 1. The summed E-state index contributed by atoms with van der Waals surface area (Å²) in [5.41, 5.74) is 1.57. The van der Waals surface area contributed by atoms with Crippen molar-refractivity contribution in [3.8, 4) is 0 Å². The number of carboxylic acids is 1. The van der Waals surface area contributed by atoms with E-state index in [2.05, 4.69) is 10.3 Å². The number of rotatable bonds is 6. The van der Waals surface area contributed by atoms with Crippen LogP contribution in [0.25, 0.3) is 11.0 Å². The van der Waals surface area contributed by atoms with Gasteiger partial charge in [0.05, 0.1) is 11.0 Å². The van der Waals surface area contributed by atoms with Gasteiger partial charge in [0.25, 0.3) is 5.91 Å². The minimum Gasteiger partial charge on any atom is -0.480 e. The van der Waals surface area contributed by atoms with Crippen LogP contribution in [0.4, 0.5) is 0 Å². The predicted molar refractivity (Wildman–Crippen MR) is 98.4 cm³/mol. The number of fused-ring (bicyclic) bond motifs is 1. The summed E-state index contributed by atoms with van der Waals surface area (Å²) in [6.45, 7) is 3.68. The summed E-state index contributed by atoms with van der Waals surface area (Å²) in [5, 5.41) is 11.9. The van der Waals surface area contributed by atoms with Gasteiger partial charge in [-0.1, -0.05) is 33.1 Å². The number of hydrogen-bond acceptors (Lipinski definition) is 3. The summed E-state index contributed by atoms with van der Waals surface area (Å²) in [5.74, 6) is -1.67. The molecule has 1 heterocycles. The van der Waals surface area contributed by atoms with E-state index in [4.69, 9.17) is 0 Å². The Labute approximate surface area is 151 Å². The first-order chi connectivity index (χ1) is 12.4. The molecule has 1 aromatic heterocycles. The maximum Gasteiger partial charge on any atom is 0.326 e. The highest BCUT2D eigenvalue weighted by Crippen LogP contribution is 2.30. The molecule has 0 radical (unpaired) electrons. The second-order valence-corrected chi connectivity index (χ2v) is 7.15. The number of nitrogens with one attached hydrogen (secondary N) is 2. The summed E-state index contributed by atoms with van der Waals surface area (Å²) in [4.78, 5) is 39.1. The molecule has 26 heavy (non-hydrogen) atoms. The highest BCUT2D eigenvalue weighted by Gasteiger charge is 2.26. The molecule has 0 aliphatic heterocycles. The lowest BCUT2D eigenvalue weighted by Crippen LogP contribution is -2.45. The number of aromatic nitrogens is 2. The molecule has 3 N–H and O–H groups in total. The van der Waals surface area contributed by atoms with Gasteiger partial charge in [-0.25, -0.2) is 9.59 Å². The number of carbonyl (C=O) groups excluding carboxylic acids is 1. The third kappa shape index (κ3) is 3.38. The number of benzene rings is 1. The number of amides is 1. The number of carboxylic acid groups (broad SMARTS) is 1. The Kier molecular flexibility index (Phi) is 5.15. The minimum absolute atomic E-state index is 0.160. The average Bonchev–Trinajstić information content (AvgIpc) is 3.24. The van der Waals surface area contributed by atoms with Crippen LogP contribution in [0, 0.1) is 5.92 Å². The standard InChI is InChI=1S/C19H25N3O4/c1-3-11(2)16(18(24)25)21-17(23)12-8-9-15-14(10-12)20-19(26)22(15)13-6-4-5-7-13/h8-11,13,16H,3-7H2,1-2H3,(H,20,26)(H,21,23)(H,24,25). The maximum absolute atomic E-state index is 12.5. The van der Waals surface area contributed by atoms with E-state index in [0.29, 0.717) is 17.5 Å². The molecule has 0 bridgehead atoms. The topological polar surface area (TPSA) is 104 Å². The maximum atomic E-state index is 12.5. The molecule has 1 fully saturated rings. The van der Waals surface area contributed by atoms with E-state index in [0.717, 1.165) is 31.2 Å². The monoisotopic (exact) mass is 359 g/mol. The fraction of sp³-hybridized carbons (Fsp3) is 0.526. The van der Waals surface area contributed by atoms with Gasteiger partial charge in [-0.05, 0) is 37.0 Å². The summed E-state index contributed by atoms with van der Waals surface area (Å²) in [7, 11) is 0. The Morgan fingerprint density at radius 2 is 2.04 bits per heavy atom. The van der Waals surface area contributed by atoms with Crippen molar-refractivity contribution in [1.29, 1.82) is 0 Å². The van der Waals surface area contributed by atoms with Gasteiger partial charge in [0.2, 0.25) is 0 Å². The molecule has 2 atom stereocenters. The third-order valence-electron chi connectivity index (χ3n) is 5.43. The van der Waals surface area contributed by atoms with Crippen molar-refractivity contribution in [3.05, 3.63) is 34.2 Å². The Bertz CT molecular complexity index is 877. The van der Waals surface area contributed by atoms with Crippen molar-refractivity contribution in [3.63, 3.8) is 0 Å². The lowest BCUT2D eigenvalue weighted by atomic mass is 9.99. The molecule has 3 rings (SSSR count). The van der Waals surface area contributed by atoms with Crippen molar-refractivity contribution < 1.29 is 14.7 Å². The SMILES string of the molecule is CCC(C)C(NC(=O)c1ccc2c(c1)[nH]c(=O)n2C1CCCC1)C(=O)O. The van der Waals surface area contributed by atoms with Crippen molar-refractivity contribution in [1.82, 2.24) is 14.9 Å². The van der Waals surface area contributed by atoms with Crippen LogP contribution in [0.1, 0.15) is 62.4 Å². The Morgan fingerprint density at radius 3 is 2.65 bits per heavy atom. The van der Waals surface area contributed by atoms with Crippen molar-refractivity contribution in [2.75, 3.05) is 0 Å². The Hall–Kier alpha value is -2.57. The molecule has 1 amide bonds. The van der Waals surface area contributed by atoms with Crippen LogP contribution in [-0.4, -0.2) is 32.6 Å². The van der Waals surface area contributed by atoms with E-state index in [1.807, 2.05) is 6.92 Å². The number of H-pyrrole nitrogens is 1. The van der Waals surface area contributed by atoms with Gasteiger partial charge < -0.3 is 15.4 Å². The predicted octanol–water partition coefficient (Wildman–Crippen LogP) is 2.67. The molecular formula is C19H25N3O4. The van der Waals surface area contributed by atoms with Crippen LogP contribution >= 0.6 is 0 Å². The number of aliphatic carboxylic acids is 1. The molecule has 1 aromatic carbocycles. The average molecular weight is 359 g/mol. The first-order valence-corrected chi connectivity index (χ1v) is 9.20. The van der Waals surface area contributed by atoms with Gasteiger partial charge in [-0.2, -0.15) is 0 Å². The molecule has 0 spiro atoms. The largest absolute Gasteiger partial charge is 0.480 e. The fourth-order valence-electron chi connectivity index (χ4n) is 3.70. The van der Waals surface area contributed by atoms with E-state index in [1.54, 1.807) is 29.7 Å². The molecule has 7 nitrogen and oxygen atoms in total. The van der Waals surface area contributed by atoms with Crippen molar-refractivity contribution >= 4 is 22.9 Å². The normalized spacial score (nSPS) is 17.3. The summed E-state index contributed by atoms with van der Waals surface area (Å²) < 4.78 is 1.78. The molecule has 0 saturated heterocycles. The van der Waals surface area contributed by atoms with Gasteiger partial charge in [0, 0.05) is 11.6 Å². The number of nitrogens with zero attached hydrogens (tertiary/aromatic N) is 1. The highest BCUT2D eigenvalue weighted by atomic mass is 16.4. The van der Waals surface area contributed by atoms with E-state index < -0.39 is 17.9 Å². The molecule has 2 aromatic rings. The van der Waals surface area contributed by atoms with Crippen LogP contribution in [-0.2, 0) is 4.79 Å². The smallest absolute Gasteiger partial charge is 0.326 e. The van der Waals surface area contributed by atoms with E-state index in [-0.39, 0.29) is 17.6 Å². The summed E-state index contributed by atoms with van der Waals surface area (Å²) in [6.07, 6.45) is 4.87. The van der Waals surface area contributed by atoms with Gasteiger partial charge in [-0.15, -0.1) is 0 Å².